The van der Waals surface area contributed by atoms with Crippen molar-refractivity contribution in [3.8, 4) is 0 Å². The number of rotatable bonds is 3. The highest BCUT2D eigenvalue weighted by molar-refractivity contribution is 7.89. The van der Waals surface area contributed by atoms with Gasteiger partial charge >= 0.3 is 10.1 Å². The van der Waals surface area contributed by atoms with E-state index in [1.54, 1.807) is 0 Å². The van der Waals surface area contributed by atoms with E-state index in [4.69, 9.17) is 4.55 Å². The molecule has 0 radical (unpaired) electrons. The Bertz CT molecular complexity index is 314. The van der Waals surface area contributed by atoms with Crippen LogP contribution in [-0.2, 0) is 14.9 Å². The molecule has 0 aromatic carbocycles. The fourth-order valence-corrected chi connectivity index (χ4v) is 0.985. The minimum atomic E-state index is -4.34. The molecule has 0 aliphatic heterocycles. The molecule has 0 saturated carbocycles. The molecule has 0 rings (SSSR count). The van der Waals surface area contributed by atoms with Gasteiger partial charge in [0.05, 0.1) is 0 Å². The van der Waals surface area contributed by atoms with E-state index in [0.29, 0.717) is 0 Å². The monoisotopic (exact) mass is 191 g/mol. The van der Waals surface area contributed by atoms with E-state index in [1.807, 2.05) is 5.32 Å². The molecule has 6 heteroatoms. The van der Waals surface area contributed by atoms with E-state index in [9.17, 15) is 13.2 Å². The second-order valence-electron chi connectivity index (χ2n) is 1.82. The lowest BCUT2D eigenvalue weighted by Gasteiger charge is -2.02. The van der Waals surface area contributed by atoms with Gasteiger partial charge in [-0.15, -0.1) is 0 Å². The summed E-state index contributed by atoms with van der Waals surface area (Å²) < 4.78 is 29.4. The standard InChI is InChI=1S/C6H9NO4S/c1-3-5(8)7-6(4-2)12(9,10)11/h3-4H,1H2,2H3,(H,7,8)(H,9,10,11)/b6-4-. The molecular formula is C6H9NO4S. The maximum Gasteiger partial charge on any atom is 0.309 e. The maximum atomic E-state index is 10.6. The van der Waals surface area contributed by atoms with E-state index in [2.05, 4.69) is 6.58 Å². The van der Waals surface area contributed by atoms with Crippen LogP contribution >= 0.6 is 0 Å². The van der Waals surface area contributed by atoms with Gasteiger partial charge in [0, 0.05) is 0 Å². The highest BCUT2D eigenvalue weighted by Gasteiger charge is 2.13. The van der Waals surface area contributed by atoms with E-state index >= 15 is 0 Å². The van der Waals surface area contributed by atoms with Crippen LogP contribution in [0.5, 0.6) is 0 Å². The minimum absolute atomic E-state index is 0.549. The lowest BCUT2D eigenvalue weighted by molar-refractivity contribution is -0.115. The van der Waals surface area contributed by atoms with Gasteiger partial charge in [-0.3, -0.25) is 9.35 Å². The molecule has 0 bridgehead atoms. The van der Waals surface area contributed by atoms with Crippen LogP contribution in [0.4, 0.5) is 0 Å². The summed E-state index contributed by atoms with van der Waals surface area (Å²) in [5, 5.41) is 1.37. The molecule has 0 saturated heterocycles. The molecule has 1 amide bonds. The summed E-state index contributed by atoms with van der Waals surface area (Å²) in [7, 11) is -4.34. The second kappa shape index (κ2) is 4.03. The van der Waals surface area contributed by atoms with Gasteiger partial charge in [-0.1, -0.05) is 6.58 Å². The van der Waals surface area contributed by atoms with Crippen LogP contribution < -0.4 is 5.32 Å². The first-order valence-corrected chi connectivity index (χ1v) is 4.43. The molecule has 0 unspecified atom stereocenters. The van der Waals surface area contributed by atoms with Crippen LogP contribution in [0.3, 0.4) is 0 Å². The van der Waals surface area contributed by atoms with Gasteiger partial charge in [-0.05, 0) is 19.1 Å². The number of hydrogen-bond acceptors (Lipinski definition) is 3. The molecular weight excluding hydrogens is 182 g/mol. The fourth-order valence-electron chi connectivity index (χ4n) is 0.458. The molecule has 0 aromatic heterocycles. The Morgan fingerprint density at radius 3 is 2.33 bits per heavy atom. The average Bonchev–Trinajstić information content (AvgIpc) is 1.97. The van der Waals surface area contributed by atoms with Crippen LogP contribution in [-0.4, -0.2) is 18.9 Å². The summed E-state index contributed by atoms with van der Waals surface area (Å²) in [5.74, 6) is -0.694. The third-order valence-electron chi connectivity index (χ3n) is 0.972. The average molecular weight is 191 g/mol. The normalized spacial score (nSPS) is 12.3. The van der Waals surface area contributed by atoms with Crippen LogP contribution in [0, 0.1) is 0 Å². The van der Waals surface area contributed by atoms with Crippen molar-refractivity contribution in [2.24, 2.45) is 0 Å². The smallest absolute Gasteiger partial charge is 0.309 e. The van der Waals surface area contributed by atoms with Crippen LogP contribution in [0.1, 0.15) is 6.92 Å². The van der Waals surface area contributed by atoms with Crippen molar-refractivity contribution in [2.45, 2.75) is 6.92 Å². The molecule has 0 fully saturated rings. The Morgan fingerprint density at radius 2 is 2.08 bits per heavy atom. The zero-order valence-corrected chi connectivity index (χ0v) is 7.26. The van der Waals surface area contributed by atoms with E-state index < -0.39 is 21.1 Å². The van der Waals surface area contributed by atoms with Crippen molar-refractivity contribution in [3.63, 3.8) is 0 Å². The quantitative estimate of drug-likeness (QED) is 0.487. The van der Waals surface area contributed by atoms with Gasteiger partial charge in [0.2, 0.25) is 5.91 Å². The topological polar surface area (TPSA) is 83.5 Å². The minimum Gasteiger partial charge on any atom is -0.311 e. The summed E-state index contributed by atoms with van der Waals surface area (Å²) in [6.07, 6.45) is 1.96. The van der Waals surface area contributed by atoms with Crippen molar-refractivity contribution < 1.29 is 17.8 Å². The van der Waals surface area contributed by atoms with Gasteiger partial charge in [0.1, 0.15) is 0 Å². The SMILES string of the molecule is C=CC(=O)N/C(=C/C)S(=O)(=O)O. The van der Waals surface area contributed by atoms with Crippen molar-refractivity contribution in [1.29, 1.82) is 0 Å². The van der Waals surface area contributed by atoms with Crippen LogP contribution in [0.15, 0.2) is 23.8 Å². The van der Waals surface area contributed by atoms with Gasteiger partial charge in [0.25, 0.3) is 0 Å². The molecule has 0 aromatic rings. The molecule has 0 aliphatic carbocycles. The number of carbonyl (C=O) groups is 1. The lowest BCUT2D eigenvalue weighted by Crippen LogP contribution is -2.25. The third kappa shape index (κ3) is 3.31. The second-order valence-corrected chi connectivity index (χ2v) is 3.21. The molecule has 12 heavy (non-hydrogen) atoms. The Hall–Kier alpha value is -1.14. The Balaban J connectivity index is 4.65. The highest BCUT2D eigenvalue weighted by Crippen LogP contribution is 1.98. The third-order valence-corrected chi connectivity index (χ3v) is 1.87. The first-order chi connectivity index (χ1) is 5.41. The Kier molecular flexibility index (Phi) is 3.65. The molecule has 68 valence electrons. The van der Waals surface area contributed by atoms with Crippen molar-refractivity contribution in [1.82, 2.24) is 5.32 Å². The van der Waals surface area contributed by atoms with Gasteiger partial charge in [-0.2, -0.15) is 8.42 Å². The van der Waals surface area contributed by atoms with E-state index in [1.165, 1.54) is 6.92 Å². The lowest BCUT2D eigenvalue weighted by atomic mass is 10.6. The number of carbonyl (C=O) groups excluding carboxylic acids is 1. The fraction of sp³-hybridized carbons (Fsp3) is 0.167. The Morgan fingerprint density at radius 1 is 1.58 bits per heavy atom. The summed E-state index contributed by atoms with van der Waals surface area (Å²) in [5.41, 5.74) is 0. The number of hydrogen-bond donors (Lipinski definition) is 2. The molecule has 2 N–H and O–H groups in total. The predicted octanol–water partition coefficient (Wildman–Crippen LogP) is 0.0377. The van der Waals surface area contributed by atoms with Crippen molar-refractivity contribution in [3.05, 3.63) is 23.8 Å². The molecule has 0 atom stereocenters. The van der Waals surface area contributed by atoms with Gasteiger partial charge < -0.3 is 5.32 Å². The maximum absolute atomic E-state index is 10.6. The summed E-state index contributed by atoms with van der Waals surface area (Å²) in [4.78, 5) is 10.6. The highest BCUT2D eigenvalue weighted by atomic mass is 32.2. The van der Waals surface area contributed by atoms with Gasteiger partial charge in [-0.25, -0.2) is 0 Å². The van der Waals surface area contributed by atoms with E-state index in [0.717, 1.165) is 12.2 Å². The van der Waals surface area contributed by atoms with Crippen molar-refractivity contribution >= 4 is 16.0 Å². The number of nitrogens with one attached hydrogen (secondary N) is 1. The summed E-state index contributed by atoms with van der Waals surface area (Å²) in [6.45, 7) is 4.48. The molecule has 0 spiro atoms. The van der Waals surface area contributed by atoms with Crippen LogP contribution in [0.2, 0.25) is 0 Å². The molecule has 5 nitrogen and oxygen atoms in total. The zero-order chi connectivity index (χ0) is 9.78. The largest absolute Gasteiger partial charge is 0.311 e. The van der Waals surface area contributed by atoms with Crippen molar-refractivity contribution in [2.75, 3.05) is 0 Å². The number of allylic oxidation sites excluding steroid dienone is 1. The Labute approximate surface area is 70.5 Å². The number of amides is 1. The van der Waals surface area contributed by atoms with Crippen LogP contribution in [0.25, 0.3) is 0 Å². The predicted molar refractivity (Wildman–Crippen MR) is 43.6 cm³/mol. The zero-order valence-electron chi connectivity index (χ0n) is 6.44. The summed E-state index contributed by atoms with van der Waals surface area (Å²) >= 11 is 0. The van der Waals surface area contributed by atoms with Gasteiger partial charge in [0.15, 0.2) is 5.03 Å². The molecule has 0 heterocycles. The summed E-state index contributed by atoms with van der Waals surface area (Å²) in [6, 6.07) is 0. The first kappa shape index (κ1) is 10.9. The molecule has 0 aliphatic rings. The van der Waals surface area contributed by atoms with E-state index in [-0.39, 0.29) is 0 Å². The first-order valence-electron chi connectivity index (χ1n) is 2.99.